The van der Waals surface area contributed by atoms with Gasteiger partial charge >= 0.3 is 0 Å². The van der Waals surface area contributed by atoms with Crippen molar-refractivity contribution in [2.45, 2.75) is 6.92 Å². The Morgan fingerprint density at radius 1 is 1.25 bits per heavy atom. The van der Waals surface area contributed by atoms with E-state index in [0.717, 1.165) is 37.6 Å². The minimum Gasteiger partial charge on any atom is -0.367 e. The van der Waals surface area contributed by atoms with Crippen molar-refractivity contribution in [3.63, 3.8) is 0 Å². The van der Waals surface area contributed by atoms with E-state index in [0.29, 0.717) is 11.3 Å². The molecule has 2 aromatic rings. The Labute approximate surface area is 146 Å². The number of carbonyl (C=O) groups is 1. The molecule has 1 aliphatic heterocycles. The molecule has 5 heteroatoms. The second-order valence-electron chi connectivity index (χ2n) is 5.80. The summed E-state index contributed by atoms with van der Waals surface area (Å²) in [7, 11) is 0. The number of nitrogens with zero attached hydrogens (tertiary/aromatic N) is 2. The van der Waals surface area contributed by atoms with Crippen LogP contribution >= 0.6 is 11.3 Å². The predicted octanol–water partition coefficient (Wildman–Crippen LogP) is 3.93. The van der Waals surface area contributed by atoms with Gasteiger partial charge in [-0.1, -0.05) is 13.0 Å². The van der Waals surface area contributed by atoms with E-state index in [9.17, 15) is 9.18 Å². The van der Waals surface area contributed by atoms with Gasteiger partial charge in [0.1, 0.15) is 5.82 Å². The quantitative estimate of drug-likeness (QED) is 0.607. The summed E-state index contributed by atoms with van der Waals surface area (Å²) >= 11 is 1.56. The SMILES string of the molecule is CCN1CCN(c2ccc(C(=O)/C=C/c3cccs3)cc2F)CC1. The highest BCUT2D eigenvalue weighted by atomic mass is 32.1. The molecular weight excluding hydrogens is 323 g/mol. The standard InChI is InChI=1S/C19H21FN2OS/c1-2-21-9-11-22(12-10-21)18-7-5-15(14-17(18)20)19(23)8-6-16-4-3-13-24-16/h3-8,13-14H,2,9-12H2,1H3/b8-6+. The molecule has 1 aliphatic rings. The van der Waals surface area contributed by atoms with E-state index in [1.165, 1.54) is 12.1 Å². The van der Waals surface area contributed by atoms with Crippen molar-refractivity contribution in [2.75, 3.05) is 37.6 Å². The second kappa shape index (κ2) is 7.73. The summed E-state index contributed by atoms with van der Waals surface area (Å²) in [6.07, 6.45) is 3.27. The van der Waals surface area contributed by atoms with Crippen molar-refractivity contribution in [1.82, 2.24) is 4.90 Å². The van der Waals surface area contributed by atoms with Crippen LogP contribution in [0, 0.1) is 5.82 Å². The molecule has 1 aromatic carbocycles. The fourth-order valence-electron chi connectivity index (χ4n) is 2.86. The average Bonchev–Trinajstić information content (AvgIpc) is 3.13. The lowest BCUT2D eigenvalue weighted by atomic mass is 10.1. The second-order valence-corrected chi connectivity index (χ2v) is 6.78. The molecular formula is C19H21FN2OS. The van der Waals surface area contributed by atoms with Crippen LogP contribution in [-0.4, -0.2) is 43.4 Å². The molecule has 1 aromatic heterocycles. The average molecular weight is 344 g/mol. The van der Waals surface area contributed by atoms with Crippen molar-refractivity contribution in [2.24, 2.45) is 0 Å². The number of ketones is 1. The third-order valence-electron chi connectivity index (χ3n) is 4.33. The van der Waals surface area contributed by atoms with Gasteiger partial charge < -0.3 is 9.80 Å². The Balaban J connectivity index is 1.69. The van der Waals surface area contributed by atoms with E-state index < -0.39 is 0 Å². The van der Waals surface area contributed by atoms with E-state index in [-0.39, 0.29) is 11.6 Å². The normalized spacial score (nSPS) is 16.0. The zero-order valence-electron chi connectivity index (χ0n) is 13.7. The van der Waals surface area contributed by atoms with E-state index in [1.807, 2.05) is 17.5 Å². The minimum absolute atomic E-state index is 0.176. The molecule has 0 atom stereocenters. The lowest BCUT2D eigenvalue weighted by Gasteiger charge is -2.35. The highest BCUT2D eigenvalue weighted by Crippen LogP contribution is 2.22. The smallest absolute Gasteiger partial charge is 0.185 e. The molecule has 0 spiro atoms. The van der Waals surface area contributed by atoms with Gasteiger partial charge in [-0.3, -0.25) is 4.79 Å². The first-order valence-electron chi connectivity index (χ1n) is 8.20. The zero-order valence-corrected chi connectivity index (χ0v) is 14.6. The van der Waals surface area contributed by atoms with Crippen molar-refractivity contribution in [3.05, 3.63) is 58.0 Å². The van der Waals surface area contributed by atoms with Crippen LogP contribution in [-0.2, 0) is 0 Å². The Kier molecular flexibility index (Phi) is 5.43. The summed E-state index contributed by atoms with van der Waals surface area (Å²) in [5, 5.41) is 1.96. The largest absolute Gasteiger partial charge is 0.367 e. The highest BCUT2D eigenvalue weighted by molar-refractivity contribution is 7.10. The molecule has 0 aliphatic carbocycles. The summed E-state index contributed by atoms with van der Waals surface area (Å²) in [6.45, 7) is 6.69. The van der Waals surface area contributed by atoms with Crippen molar-refractivity contribution in [3.8, 4) is 0 Å². The van der Waals surface area contributed by atoms with Gasteiger partial charge in [-0.25, -0.2) is 4.39 Å². The summed E-state index contributed by atoms with van der Waals surface area (Å²) in [4.78, 5) is 17.6. The molecule has 0 saturated carbocycles. The van der Waals surface area contributed by atoms with Crippen molar-refractivity contribution >= 4 is 28.9 Å². The molecule has 0 bridgehead atoms. The highest BCUT2D eigenvalue weighted by Gasteiger charge is 2.19. The molecule has 126 valence electrons. The number of allylic oxidation sites excluding steroid dienone is 1. The molecule has 3 nitrogen and oxygen atoms in total. The third kappa shape index (κ3) is 3.91. The van der Waals surface area contributed by atoms with Crippen LogP contribution < -0.4 is 4.90 Å². The molecule has 0 radical (unpaired) electrons. The maximum atomic E-state index is 14.5. The van der Waals surface area contributed by atoms with E-state index in [1.54, 1.807) is 29.5 Å². The van der Waals surface area contributed by atoms with Gasteiger partial charge in [-0.05, 0) is 48.3 Å². The van der Waals surface area contributed by atoms with Crippen LogP contribution in [0.2, 0.25) is 0 Å². The fraction of sp³-hybridized carbons (Fsp3) is 0.316. The summed E-state index contributed by atoms with van der Waals surface area (Å²) < 4.78 is 14.5. The fourth-order valence-corrected chi connectivity index (χ4v) is 3.48. The number of piperazine rings is 1. The summed E-state index contributed by atoms with van der Waals surface area (Å²) in [5.41, 5.74) is 0.973. The number of rotatable bonds is 5. The van der Waals surface area contributed by atoms with Gasteiger partial charge in [-0.15, -0.1) is 11.3 Å². The Hall–Kier alpha value is -1.98. The maximum absolute atomic E-state index is 14.5. The van der Waals surface area contributed by atoms with Crippen LogP contribution in [0.3, 0.4) is 0 Å². The lowest BCUT2D eigenvalue weighted by Crippen LogP contribution is -2.46. The molecule has 1 fully saturated rings. The molecule has 3 rings (SSSR count). The van der Waals surface area contributed by atoms with Gasteiger partial charge in [0.05, 0.1) is 5.69 Å². The first kappa shape index (κ1) is 16.9. The molecule has 0 unspecified atom stereocenters. The molecule has 0 amide bonds. The number of thiophene rings is 1. The Morgan fingerprint density at radius 3 is 2.67 bits per heavy atom. The number of benzene rings is 1. The van der Waals surface area contributed by atoms with Crippen LogP contribution in [0.1, 0.15) is 22.2 Å². The number of hydrogen-bond donors (Lipinski definition) is 0. The van der Waals surface area contributed by atoms with Crippen molar-refractivity contribution in [1.29, 1.82) is 0 Å². The van der Waals surface area contributed by atoms with Gasteiger partial charge in [0.2, 0.25) is 0 Å². The lowest BCUT2D eigenvalue weighted by molar-refractivity contribution is 0.104. The van der Waals surface area contributed by atoms with Crippen LogP contribution in [0.4, 0.5) is 10.1 Å². The zero-order chi connectivity index (χ0) is 16.9. The number of halogens is 1. The maximum Gasteiger partial charge on any atom is 0.185 e. The molecule has 24 heavy (non-hydrogen) atoms. The molecule has 1 saturated heterocycles. The molecule has 2 heterocycles. The topological polar surface area (TPSA) is 23.6 Å². The Bertz CT molecular complexity index is 719. The van der Waals surface area contributed by atoms with Gasteiger partial charge in [0, 0.05) is 36.6 Å². The summed E-state index contributed by atoms with van der Waals surface area (Å²) in [6, 6.07) is 8.66. The first-order valence-corrected chi connectivity index (χ1v) is 9.08. The third-order valence-corrected chi connectivity index (χ3v) is 5.17. The van der Waals surface area contributed by atoms with Crippen molar-refractivity contribution < 1.29 is 9.18 Å². The first-order chi connectivity index (χ1) is 11.7. The predicted molar refractivity (Wildman–Crippen MR) is 98.4 cm³/mol. The van der Waals surface area contributed by atoms with Crippen LogP contribution in [0.25, 0.3) is 6.08 Å². The molecule has 0 N–H and O–H groups in total. The van der Waals surface area contributed by atoms with Gasteiger partial charge in [0.25, 0.3) is 0 Å². The van der Waals surface area contributed by atoms with E-state index in [4.69, 9.17) is 0 Å². The minimum atomic E-state index is -0.324. The van der Waals surface area contributed by atoms with E-state index in [2.05, 4.69) is 16.7 Å². The monoisotopic (exact) mass is 344 g/mol. The van der Waals surface area contributed by atoms with Gasteiger partial charge in [-0.2, -0.15) is 0 Å². The van der Waals surface area contributed by atoms with Crippen LogP contribution in [0.15, 0.2) is 41.8 Å². The Morgan fingerprint density at radius 2 is 2.04 bits per heavy atom. The van der Waals surface area contributed by atoms with Gasteiger partial charge in [0.15, 0.2) is 5.78 Å². The number of likely N-dealkylation sites (N-methyl/N-ethyl adjacent to an activating group) is 1. The van der Waals surface area contributed by atoms with Crippen LogP contribution in [0.5, 0.6) is 0 Å². The number of hydrogen-bond acceptors (Lipinski definition) is 4. The number of carbonyl (C=O) groups excluding carboxylic acids is 1. The number of anilines is 1. The summed E-state index contributed by atoms with van der Waals surface area (Å²) in [5.74, 6) is -0.500. The van der Waals surface area contributed by atoms with E-state index >= 15 is 0 Å².